The van der Waals surface area contributed by atoms with Gasteiger partial charge in [0.1, 0.15) is 11.2 Å². The van der Waals surface area contributed by atoms with E-state index >= 15 is 0 Å². The molecule has 1 aromatic heterocycles. The summed E-state index contributed by atoms with van der Waals surface area (Å²) in [5.41, 5.74) is -0.685. The number of fused-ring (bicyclic) bond motifs is 1. The molecule has 2 rings (SSSR count). The average molecular weight is 447 g/mol. The first-order valence-corrected chi connectivity index (χ1v) is 11.1. The van der Waals surface area contributed by atoms with Gasteiger partial charge >= 0.3 is 5.97 Å². The van der Waals surface area contributed by atoms with Crippen molar-refractivity contribution >= 4 is 50.0 Å². The van der Waals surface area contributed by atoms with Crippen LogP contribution < -0.4 is 4.72 Å². The van der Waals surface area contributed by atoms with E-state index in [1.54, 1.807) is 26.8 Å². The number of carbonyl (C=O) groups excluding carboxylic acids is 1. The first-order chi connectivity index (χ1) is 13.0. The van der Waals surface area contributed by atoms with E-state index in [1.807, 2.05) is 6.92 Å². The molecule has 0 unspecified atom stereocenters. The van der Waals surface area contributed by atoms with Gasteiger partial charge in [0.15, 0.2) is 0 Å². The second-order valence-corrected chi connectivity index (χ2v) is 10.0. The number of esters is 1. The summed E-state index contributed by atoms with van der Waals surface area (Å²) < 4.78 is 33.6. The van der Waals surface area contributed by atoms with Crippen LogP contribution in [-0.4, -0.2) is 32.0 Å². The fourth-order valence-corrected chi connectivity index (χ4v) is 4.36. The summed E-state index contributed by atoms with van der Waals surface area (Å²) in [7, 11) is -4.02. The standard InChI is InChI=1S/C19H24Cl2N2O4S/c1-5-6-9-27-18(24)16(19(2,3)4)23-28(25,26)12-7-8-13-14(10-12)17(21)22-11-15(13)20/h7-8,10-11,16,23H,5-6,9H2,1-4H3/t16-/m0/s1. The van der Waals surface area contributed by atoms with Crippen molar-refractivity contribution in [1.82, 2.24) is 9.71 Å². The predicted octanol–water partition coefficient (Wildman–Crippen LogP) is 4.58. The lowest BCUT2D eigenvalue weighted by Crippen LogP contribution is -2.49. The molecule has 0 amide bonds. The second kappa shape index (κ2) is 8.95. The highest BCUT2D eigenvalue weighted by atomic mass is 35.5. The van der Waals surface area contributed by atoms with Gasteiger partial charge in [-0.1, -0.05) is 63.4 Å². The Kier molecular flexibility index (Phi) is 7.31. The van der Waals surface area contributed by atoms with Crippen molar-refractivity contribution in [3.63, 3.8) is 0 Å². The van der Waals surface area contributed by atoms with Gasteiger partial charge in [0.05, 0.1) is 16.5 Å². The van der Waals surface area contributed by atoms with Crippen LogP contribution in [0.1, 0.15) is 40.5 Å². The molecular weight excluding hydrogens is 423 g/mol. The molecule has 0 bridgehead atoms. The first kappa shape index (κ1) is 22.9. The monoisotopic (exact) mass is 446 g/mol. The van der Waals surface area contributed by atoms with Crippen LogP contribution in [0.3, 0.4) is 0 Å². The highest BCUT2D eigenvalue weighted by Crippen LogP contribution is 2.30. The fraction of sp³-hybridized carbons (Fsp3) is 0.474. The lowest BCUT2D eigenvalue weighted by Gasteiger charge is -2.29. The molecule has 6 nitrogen and oxygen atoms in total. The minimum Gasteiger partial charge on any atom is -0.464 e. The van der Waals surface area contributed by atoms with Crippen molar-refractivity contribution in [2.75, 3.05) is 6.61 Å². The smallest absolute Gasteiger partial charge is 0.324 e. The third-order valence-corrected chi connectivity index (χ3v) is 6.21. The number of benzene rings is 1. The summed E-state index contributed by atoms with van der Waals surface area (Å²) in [6.07, 6.45) is 2.99. The van der Waals surface area contributed by atoms with E-state index in [0.717, 1.165) is 6.42 Å². The van der Waals surface area contributed by atoms with Gasteiger partial charge in [-0.05, 0) is 24.0 Å². The van der Waals surface area contributed by atoms with Crippen LogP contribution in [0.4, 0.5) is 0 Å². The Labute approximate surface area is 175 Å². The maximum Gasteiger partial charge on any atom is 0.324 e. The Bertz CT molecular complexity index is 972. The van der Waals surface area contributed by atoms with Gasteiger partial charge in [0.25, 0.3) is 0 Å². The third kappa shape index (κ3) is 5.35. The van der Waals surface area contributed by atoms with E-state index in [4.69, 9.17) is 27.9 Å². The number of aromatic nitrogens is 1. The molecule has 0 aliphatic rings. The number of rotatable bonds is 7. The zero-order valence-corrected chi connectivity index (χ0v) is 18.6. The molecule has 1 aromatic carbocycles. The molecule has 0 radical (unpaired) electrons. The van der Waals surface area contributed by atoms with Crippen LogP contribution in [-0.2, 0) is 19.6 Å². The molecule has 9 heteroatoms. The number of pyridine rings is 1. The minimum atomic E-state index is -4.02. The lowest BCUT2D eigenvalue weighted by molar-refractivity contribution is -0.148. The largest absolute Gasteiger partial charge is 0.464 e. The molecule has 154 valence electrons. The highest BCUT2D eigenvalue weighted by molar-refractivity contribution is 7.89. The Balaban J connectivity index is 2.37. The van der Waals surface area contributed by atoms with Crippen molar-refractivity contribution in [3.05, 3.63) is 34.6 Å². The fourth-order valence-electron chi connectivity index (χ4n) is 2.52. The molecular formula is C19H24Cl2N2O4S. The number of unbranched alkanes of at least 4 members (excludes halogenated alkanes) is 1. The molecule has 0 fully saturated rings. The SMILES string of the molecule is CCCCOC(=O)[C@H](NS(=O)(=O)c1ccc2c(Cl)cnc(Cl)c2c1)C(C)(C)C. The molecule has 1 N–H and O–H groups in total. The summed E-state index contributed by atoms with van der Waals surface area (Å²) >= 11 is 12.2. The topological polar surface area (TPSA) is 85.4 Å². The highest BCUT2D eigenvalue weighted by Gasteiger charge is 2.36. The molecule has 0 spiro atoms. The maximum absolute atomic E-state index is 12.9. The number of nitrogens with zero attached hydrogens (tertiary/aromatic N) is 1. The van der Waals surface area contributed by atoms with Crippen LogP contribution in [0.2, 0.25) is 10.2 Å². The predicted molar refractivity (Wildman–Crippen MR) is 111 cm³/mol. The normalized spacial score (nSPS) is 13.5. The average Bonchev–Trinajstić information content (AvgIpc) is 2.62. The van der Waals surface area contributed by atoms with E-state index < -0.39 is 27.4 Å². The summed E-state index contributed by atoms with van der Waals surface area (Å²) in [6, 6.07) is 3.32. The number of carbonyl (C=O) groups is 1. The van der Waals surface area contributed by atoms with E-state index in [2.05, 4.69) is 9.71 Å². The van der Waals surface area contributed by atoms with Gasteiger partial charge in [0.2, 0.25) is 10.0 Å². The van der Waals surface area contributed by atoms with Gasteiger partial charge in [-0.15, -0.1) is 0 Å². The minimum absolute atomic E-state index is 0.0402. The van der Waals surface area contributed by atoms with E-state index in [1.165, 1.54) is 18.3 Å². The molecule has 0 saturated heterocycles. The van der Waals surface area contributed by atoms with Crippen LogP contribution in [0.15, 0.2) is 29.3 Å². The maximum atomic E-state index is 12.9. The van der Waals surface area contributed by atoms with E-state index in [-0.39, 0.29) is 16.7 Å². The van der Waals surface area contributed by atoms with Crippen molar-refractivity contribution in [1.29, 1.82) is 0 Å². The molecule has 2 aromatic rings. The number of hydrogen-bond donors (Lipinski definition) is 1. The first-order valence-electron chi connectivity index (χ1n) is 8.90. The number of sulfonamides is 1. The molecule has 0 saturated carbocycles. The second-order valence-electron chi connectivity index (χ2n) is 7.55. The van der Waals surface area contributed by atoms with Crippen molar-refractivity contribution in [2.24, 2.45) is 5.41 Å². The zero-order valence-electron chi connectivity index (χ0n) is 16.3. The van der Waals surface area contributed by atoms with Crippen molar-refractivity contribution in [2.45, 2.75) is 51.5 Å². The van der Waals surface area contributed by atoms with Crippen LogP contribution in [0.5, 0.6) is 0 Å². The summed E-state index contributed by atoms with van der Waals surface area (Å²) in [5.74, 6) is -0.604. The Hall–Kier alpha value is -1.41. The third-order valence-electron chi connectivity index (χ3n) is 4.19. The molecule has 0 aliphatic carbocycles. The van der Waals surface area contributed by atoms with Crippen LogP contribution in [0, 0.1) is 5.41 Å². The summed E-state index contributed by atoms with van der Waals surface area (Å²) in [6.45, 7) is 7.52. The van der Waals surface area contributed by atoms with E-state index in [9.17, 15) is 13.2 Å². The van der Waals surface area contributed by atoms with Gasteiger partial charge in [-0.3, -0.25) is 4.79 Å². The van der Waals surface area contributed by atoms with Crippen LogP contribution in [0.25, 0.3) is 10.8 Å². The number of ether oxygens (including phenoxy) is 1. The lowest BCUT2D eigenvalue weighted by atomic mass is 9.87. The van der Waals surface area contributed by atoms with Gasteiger partial charge in [0, 0.05) is 17.0 Å². The quantitative estimate of drug-likeness (QED) is 0.382. The summed E-state index contributed by atoms with van der Waals surface area (Å²) in [5, 5.41) is 1.51. The van der Waals surface area contributed by atoms with Crippen LogP contribution >= 0.6 is 23.2 Å². The molecule has 1 atom stereocenters. The van der Waals surface area contributed by atoms with Gasteiger partial charge < -0.3 is 4.74 Å². The number of halogens is 2. The van der Waals surface area contributed by atoms with Crippen molar-refractivity contribution in [3.8, 4) is 0 Å². The van der Waals surface area contributed by atoms with Gasteiger partial charge in [-0.2, -0.15) is 4.72 Å². The molecule has 0 aliphatic heterocycles. The molecule has 28 heavy (non-hydrogen) atoms. The number of nitrogens with one attached hydrogen (secondary N) is 1. The van der Waals surface area contributed by atoms with E-state index in [0.29, 0.717) is 22.2 Å². The zero-order chi connectivity index (χ0) is 21.1. The molecule has 1 heterocycles. The Morgan fingerprint density at radius 1 is 1.25 bits per heavy atom. The number of hydrogen-bond acceptors (Lipinski definition) is 5. The van der Waals surface area contributed by atoms with Gasteiger partial charge in [-0.25, -0.2) is 13.4 Å². The van der Waals surface area contributed by atoms with Crippen molar-refractivity contribution < 1.29 is 17.9 Å². The summed E-state index contributed by atoms with van der Waals surface area (Å²) in [4.78, 5) is 16.4. The Morgan fingerprint density at radius 3 is 2.54 bits per heavy atom. The Morgan fingerprint density at radius 2 is 1.93 bits per heavy atom.